The first-order chi connectivity index (χ1) is 12.1. The molecule has 0 saturated heterocycles. The Kier molecular flexibility index (Phi) is 3.39. The van der Waals surface area contributed by atoms with E-state index in [4.69, 9.17) is 0 Å². The largest absolute Gasteiger partial charge is 0.332 e. The fourth-order valence-electron chi connectivity index (χ4n) is 3.00. The van der Waals surface area contributed by atoms with E-state index in [1.807, 2.05) is 65.2 Å². The highest BCUT2D eigenvalue weighted by molar-refractivity contribution is 5.80. The molecule has 0 aliphatic carbocycles. The molecule has 0 amide bonds. The molecule has 2 aromatic heterocycles. The molecule has 0 aliphatic heterocycles. The first-order valence-electron chi connectivity index (χ1n) is 7.89. The van der Waals surface area contributed by atoms with Gasteiger partial charge in [-0.25, -0.2) is 9.78 Å². The number of fused-ring (bicyclic) bond motifs is 1. The van der Waals surface area contributed by atoms with Crippen molar-refractivity contribution in [1.29, 1.82) is 0 Å². The van der Waals surface area contributed by atoms with Crippen molar-refractivity contribution in [2.24, 2.45) is 14.1 Å². The molecule has 124 valence electrons. The van der Waals surface area contributed by atoms with Gasteiger partial charge in [-0.05, 0) is 12.1 Å². The summed E-state index contributed by atoms with van der Waals surface area (Å²) >= 11 is 0. The van der Waals surface area contributed by atoms with Gasteiger partial charge in [0, 0.05) is 25.3 Å². The van der Waals surface area contributed by atoms with E-state index in [0.717, 1.165) is 15.8 Å². The van der Waals surface area contributed by atoms with Crippen LogP contribution in [-0.2, 0) is 14.1 Å². The molecule has 0 atom stereocenters. The predicted octanol–water partition coefficient (Wildman–Crippen LogP) is 2.09. The summed E-state index contributed by atoms with van der Waals surface area (Å²) in [6, 6.07) is 19.2. The zero-order valence-corrected chi connectivity index (χ0v) is 13.9. The lowest BCUT2D eigenvalue weighted by molar-refractivity contribution is 0.707. The Bertz CT molecular complexity index is 1190. The lowest BCUT2D eigenvalue weighted by Gasteiger charge is -2.09. The van der Waals surface area contributed by atoms with Crippen LogP contribution >= 0.6 is 0 Å². The summed E-state index contributed by atoms with van der Waals surface area (Å²) in [5, 5.41) is 0. The van der Waals surface area contributed by atoms with E-state index in [1.165, 1.54) is 11.6 Å². The molecule has 0 aliphatic rings. The van der Waals surface area contributed by atoms with Gasteiger partial charge in [0.05, 0.1) is 0 Å². The minimum absolute atomic E-state index is 0.364. The number of hydrogen-bond donors (Lipinski definition) is 0. The molecular weight excluding hydrogens is 316 g/mol. The fourth-order valence-corrected chi connectivity index (χ4v) is 3.00. The average molecular weight is 332 g/mol. The Morgan fingerprint density at radius 3 is 2.04 bits per heavy atom. The maximum atomic E-state index is 12.8. The minimum atomic E-state index is -0.394. The average Bonchev–Trinajstić information content (AvgIpc) is 3.07. The van der Waals surface area contributed by atoms with Crippen LogP contribution in [0.15, 0.2) is 70.3 Å². The summed E-state index contributed by atoms with van der Waals surface area (Å²) in [5.74, 6) is 0.625. The molecule has 4 aromatic rings. The number of para-hydroxylation sites is 1. The van der Waals surface area contributed by atoms with E-state index in [9.17, 15) is 9.59 Å². The number of benzene rings is 2. The maximum absolute atomic E-state index is 12.8. The molecule has 2 aromatic carbocycles. The van der Waals surface area contributed by atoms with Crippen LogP contribution < -0.4 is 11.2 Å². The Morgan fingerprint density at radius 1 is 0.800 bits per heavy atom. The summed E-state index contributed by atoms with van der Waals surface area (Å²) in [7, 11) is 3.11. The number of imidazole rings is 1. The van der Waals surface area contributed by atoms with Gasteiger partial charge < -0.3 is 0 Å². The van der Waals surface area contributed by atoms with Gasteiger partial charge in [0.2, 0.25) is 0 Å². The lowest BCUT2D eigenvalue weighted by atomic mass is 10.2. The second kappa shape index (κ2) is 5.59. The quantitative estimate of drug-likeness (QED) is 0.565. The van der Waals surface area contributed by atoms with Crippen molar-refractivity contribution in [3.63, 3.8) is 0 Å². The van der Waals surface area contributed by atoms with Gasteiger partial charge in [0.15, 0.2) is 11.2 Å². The van der Waals surface area contributed by atoms with Crippen molar-refractivity contribution >= 4 is 11.2 Å². The smallest absolute Gasteiger partial charge is 0.286 e. The molecule has 6 nitrogen and oxygen atoms in total. The van der Waals surface area contributed by atoms with Crippen molar-refractivity contribution in [2.75, 3.05) is 0 Å². The molecule has 0 fully saturated rings. The number of nitrogens with zero attached hydrogens (tertiary/aromatic N) is 4. The van der Waals surface area contributed by atoms with Gasteiger partial charge in [-0.3, -0.25) is 18.5 Å². The summed E-state index contributed by atoms with van der Waals surface area (Å²) in [6.45, 7) is 0. The Hall–Kier alpha value is -3.41. The van der Waals surface area contributed by atoms with E-state index in [1.54, 1.807) is 7.05 Å². The van der Waals surface area contributed by atoms with Crippen molar-refractivity contribution in [1.82, 2.24) is 18.7 Å². The van der Waals surface area contributed by atoms with Gasteiger partial charge in [0.1, 0.15) is 5.82 Å². The third-order valence-electron chi connectivity index (χ3n) is 4.30. The number of rotatable bonds is 2. The van der Waals surface area contributed by atoms with Crippen LogP contribution in [0.5, 0.6) is 0 Å². The topological polar surface area (TPSA) is 61.8 Å². The van der Waals surface area contributed by atoms with Crippen LogP contribution in [0.1, 0.15) is 0 Å². The maximum Gasteiger partial charge on any atom is 0.332 e. The molecule has 0 spiro atoms. The number of hydrogen-bond acceptors (Lipinski definition) is 3. The monoisotopic (exact) mass is 332 g/mol. The molecular formula is C19H16N4O2. The van der Waals surface area contributed by atoms with Crippen molar-refractivity contribution in [3.05, 3.63) is 81.5 Å². The Balaban J connectivity index is 2.23. The van der Waals surface area contributed by atoms with E-state index < -0.39 is 5.69 Å². The number of aryl methyl sites for hydroxylation is 1. The van der Waals surface area contributed by atoms with Crippen LogP contribution in [-0.4, -0.2) is 18.7 Å². The standard InChI is InChI=1S/C19H16N4O2/c1-21-17-15(18(24)22(2)19(21)25)23(14-11-7-4-8-12-14)16(20-17)13-9-5-3-6-10-13/h3-12H,1-2H3. The highest BCUT2D eigenvalue weighted by Gasteiger charge is 2.20. The van der Waals surface area contributed by atoms with Gasteiger partial charge >= 0.3 is 5.69 Å². The summed E-state index contributed by atoms with van der Waals surface area (Å²) in [4.78, 5) is 29.7. The highest BCUT2D eigenvalue weighted by Crippen LogP contribution is 2.26. The van der Waals surface area contributed by atoms with E-state index in [-0.39, 0.29) is 5.56 Å². The second-order valence-electron chi connectivity index (χ2n) is 5.85. The molecule has 4 rings (SSSR count). The molecule has 0 radical (unpaired) electrons. The molecule has 0 unspecified atom stereocenters. The normalized spacial score (nSPS) is 11.1. The van der Waals surface area contributed by atoms with Gasteiger partial charge in [-0.15, -0.1) is 0 Å². The van der Waals surface area contributed by atoms with E-state index in [0.29, 0.717) is 17.0 Å². The van der Waals surface area contributed by atoms with Gasteiger partial charge in [-0.2, -0.15) is 0 Å². The summed E-state index contributed by atoms with van der Waals surface area (Å²) < 4.78 is 4.33. The molecule has 0 N–H and O–H groups in total. The van der Waals surface area contributed by atoms with E-state index >= 15 is 0 Å². The Labute approximate surface area is 143 Å². The van der Waals surface area contributed by atoms with Gasteiger partial charge in [-0.1, -0.05) is 48.5 Å². The summed E-state index contributed by atoms with van der Waals surface area (Å²) in [5.41, 5.74) is 1.69. The SMILES string of the molecule is Cn1c(=O)c2c(nc(-c3ccccc3)n2-c2ccccc2)n(C)c1=O. The van der Waals surface area contributed by atoms with Crippen molar-refractivity contribution < 1.29 is 0 Å². The van der Waals surface area contributed by atoms with E-state index in [2.05, 4.69) is 4.98 Å². The van der Waals surface area contributed by atoms with Crippen molar-refractivity contribution in [2.45, 2.75) is 0 Å². The predicted molar refractivity (Wildman–Crippen MR) is 97.0 cm³/mol. The fraction of sp³-hybridized carbons (Fsp3) is 0.105. The van der Waals surface area contributed by atoms with Crippen LogP contribution in [0.2, 0.25) is 0 Å². The lowest BCUT2D eigenvalue weighted by Crippen LogP contribution is -2.37. The molecule has 0 bridgehead atoms. The highest BCUT2D eigenvalue weighted by atomic mass is 16.2. The first-order valence-corrected chi connectivity index (χ1v) is 7.89. The first kappa shape index (κ1) is 15.1. The second-order valence-corrected chi connectivity index (χ2v) is 5.85. The molecule has 6 heteroatoms. The minimum Gasteiger partial charge on any atom is -0.286 e. The zero-order valence-electron chi connectivity index (χ0n) is 13.9. The zero-order chi connectivity index (χ0) is 17.6. The number of aromatic nitrogens is 4. The van der Waals surface area contributed by atoms with Crippen LogP contribution in [0.3, 0.4) is 0 Å². The molecule has 2 heterocycles. The summed E-state index contributed by atoms with van der Waals surface area (Å²) in [6.07, 6.45) is 0. The van der Waals surface area contributed by atoms with Crippen LogP contribution in [0.25, 0.3) is 28.2 Å². The molecule has 25 heavy (non-hydrogen) atoms. The van der Waals surface area contributed by atoms with Crippen molar-refractivity contribution in [3.8, 4) is 17.1 Å². The molecule has 0 saturated carbocycles. The van der Waals surface area contributed by atoms with Gasteiger partial charge in [0.25, 0.3) is 5.56 Å². The Morgan fingerprint density at radius 2 is 1.40 bits per heavy atom. The van der Waals surface area contributed by atoms with Crippen LogP contribution in [0, 0.1) is 0 Å². The third-order valence-corrected chi connectivity index (χ3v) is 4.30. The van der Waals surface area contributed by atoms with Crippen LogP contribution in [0.4, 0.5) is 0 Å². The third kappa shape index (κ3) is 2.22.